The number of anilines is 1. The van der Waals surface area contributed by atoms with E-state index in [0.717, 1.165) is 28.6 Å². The van der Waals surface area contributed by atoms with Gasteiger partial charge in [-0.15, -0.1) is 0 Å². The molecular formula is C21H20N6O4S2. The minimum absolute atomic E-state index is 0.0407. The zero-order valence-corrected chi connectivity index (χ0v) is 19.3. The smallest absolute Gasteiger partial charge is 0.262 e. The summed E-state index contributed by atoms with van der Waals surface area (Å²) < 4.78 is 24.4. The van der Waals surface area contributed by atoms with Gasteiger partial charge in [-0.1, -0.05) is 23.9 Å². The highest BCUT2D eigenvalue weighted by Gasteiger charge is 2.14. The van der Waals surface area contributed by atoms with E-state index in [-0.39, 0.29) is 32.7 Å². The topological polar surface area (TPSA) is 153 Å². The van der Waals surface area contributed by atoms with E-state index < -0.39 is 15.6 Å². The average molecular weight is 485 g/mol. The van der Waals surface area contributed by atoms with Gasteiger partial charge in [0.1, 0.15) is 5.39 Å². The fraction of sp³-hybridized carbons (Fsp3) is 0.143. The summed E-state index contributed by atoms with van der Waals surface area (Å²) in [5.41, 5.74) is 3.09. The lowest BCUT2D eigenvalue weighted by molar-refractivity contribution is -0.113. The fourth-order valence-corrected chi connectivity index (χ4v) is 4.29. The van der Waals surface area contributed by atoms with Crippen LogP contribution in [0.15, 0.2) is 63.5 Å². The van der Waals surface area contributed by atoms with Crippen molar-refractivity contribution in [1.29, 1.82) is 0 Å². The maximum Gasteiger partial charge on any atom is 0.262 e. The molecule has 4 N–H and O–H groups in total. The molecule has 0 fully saturated rings. The first-order valence-electron chi connectivity index (χ1n) is 9.73. The number of sulfonamides is 1. The first-order valence-corrected chi connectivity index (χ1v) is 12.3. The molecule has 0 saturated heterocycles. The summed E-state index contributed by atoms with van der Waals surface area (Å²) in [6, 6.07) is 11.5. The van der Waals surface area contributed by atoms with Crippen LogP contribution in [0.5, 0.6) is 0 Å². The van der Waals surface area contributed by atoms with Crippen molar-refractivity contribution < 1.29 is 13.2 Å². The number of primary sulfonamides is 1. The van der Waals surface area contributed by atoms with Crippen molar-refractivity contribution in [1.82, 2.24) is 19.7 Å². The van der Waals surface area contributed by atoms with Crippen LogP contribution in [-0.2, 0) is 14.8 Å². The first kappa shape index (κ1) is 22.7. The van der Waals surface area contributed by atoms with E-state index in [2.05, 4.69) is 20.4 Å². The van der Waals surface area contributed by atoms with Crippen LogP contribution in [0, 0.1) is 13.8 Å². The van der Waals surface area contributed by atoms with E-state index in [0.29, 0.717) is 5.69 Å². The van der Waals surface area contributed by atoms with Gasteiger partial charge in [0.25, 0.3) is 5.56 Å². The van der Waals surface area contributed by atoms with Crippen molar-refractivity contribution in [2.45, 2.75) is 23.9 Å². The molecule has 4 rings (SSSR count). The number of nitrogens with two attached hydrogens (primary N) is 1. The molecule has 0 aliphatic carbocycles. The fourth-order valence-electron chi connectivity index (χ4n) is 3.12. The molecule has 33 heavy (non-hydrogen) atoms. The second-order valence-corrected chi connectivity index (χ2v) is 9.88. The number of hydrogen-bond acceptors (Lipinski definition) is 7. The monoisotopic (exact) mass is 484 g/mol. The van der Waals surface area contributed by atoms with E-state index >= 15 is 0 Å². The van der Waals surface area contributed by atoms with E-state index in [4.69, 9.17) is 5.14 Å². The third-order valence-corrected chi connectivity index (χ3v) is 6.64. The Morgan fingerprint density at radius 1 is 1.18 bits per heavy atom. The van der Waals surface area contributed by atoms with Gasteiger partial charge in [-0.05, 0) is 55.3 Å². The Kier molecular flexibility index (Phi) is 6.06. The van der Waals surface area contributed by atoms with Crippen molar-refractivity contribution >= 4 is 44.4 Å². The number of nitrogens with one attached hydrogen (secondary N) is 2. The maximum atomic E-state index is 12.5. The Labute approximate surface area is 193 Å². The number of rotatable bonds is 6. The number of benzene rings is 2. The van der Waals surface area contributed by atoms with Crippen LogP contribution in [0.2, 0.25) is 0 Å². The van der Waals surface area contributed by atoms with Crippen molar-refractivity contribution in [3.63, 3.8) is 0 Å². The zero-order valence-electron chi connectivity index (χ0n) is 17.7. The van der Waals surface area contributed by atoms with E-state index in [9.17, 15) is 18.0 Å². The molecular weight excluding hydrogens is 464 g/mol. The molecule has 0 radical (unpaired) electrons. The Morgan fingerprint density at radius 3 is 2.61 bits per heavy atom. The highest BCUT2D eigenvalue weighted by molar-refractivity contribution is 7.99. The predicted octanol–water partition coefficient (Wildman–Crippen LogP) is 2.10. The molecule has 170 valence electrons. The summed E-state index contributed by atoms with van der Waals surface area (Å²) in [6.45, 7) is 3.85. The van der Waals surface area contributed by atoms with Crippen LogP contribution in [-0.4, -0.2) is 39.8 Å². The van der Waals surface area contributed by atoms with Crippen molar-refractivity contribution in [2.24, 2.45) is 5.14 Å². The predicted molar refractivity (Wildman–Crippen MR) is 126 cm³/mol. The van der Waals surface area contributed by atoms with E-state index in [1.54, 1.807) is 0 Å². The Balaban J connectivity index is 1.56. The van der Waals surface area contributed by atoms with E-state index in [1.807, 2.05) is 32.0 Å². The molecule has 2 aromatic carbocycles. The Hall–Kier alpha value is -3.48. The number of aromatic amines is 1. The molecule has 0 spiro atoms. The van der Waals surface area contributed by atoms with Crippen LogP contribution < -0.4 is 16.0 Å². The number of H-pyrrole nitrogens is 1. The minimum Gasteiger partial charge on any atom is -0.325 e. The largest absolute Gasteiger partial charge is 0.325 e. The second kappa shape index (κ2) is 8.81. The quantitative estimate of drug-likeness (QED) is 0.280. The lowest BCUT2D eigenvalue weighted by Gasteiger charge is -2.09. The van der Waals surface area contributed by atoms with Gasteiger partial charge in [0, 0.05) is 5.69 Å². The molecule has 0 bridgehead atoms. The summed E-state index contributed by atoms with van der Waals surface area (Å²) >= 11 is 1.08. The van der Waals surface area contributed by atoms with Crippen molar-refractivity contribution in [3.05, 3.63) is 70.1 Å². The van der Waals surface area contributed by atoms with Gasteiger partial charge in [-0.25, -0.2) is 23.2 Å². The van der Waals surface area contributed by atoms with Gasteiger partial charge in [0.05, 0.1) is 22.5 Å². The number of carbonyl (C=O) groups excluding carboxylic acids is 1. The lowest BCUT2D eigenvalue weighted by Crippen LogP contribution is -2.16. The number of nitrogens with zero attached hydrogens (tertiary/aromatic N) is 3. The number of amides is 1. The van der Waals surface area contributed by atoms with E-state index in [1.165, 1.54) is 35.1 Å². The summed E-state index contributed by atoms with van der Waals surface area (Å²) in [4.78, 5) is 32.0. The molecule has 2 aromatic heterocycles. The van der Waals surface area contributed by atoms with Gasteiger partial charge in [-0.3, -0.25) is 9.59 Å². The van der Waals surface area contributed by atoms with Crippen molar-refractivity contribution in [2.75, 3.05) is 11.1 Å². The standard InChI is InChI=1S/C21H20N6O4S2/c1-12-3-4-13(2)17(9-12)24-18(28)11-32-21-25-19-16(20(29)26-21)10-23-27(19)14-5-7-15(8-6-14)33(22,30)31/h3-10H,11H2,1-2H3,(H,24,28)(H2,22,30,31)(H,25,26,29). The summed E-state index contributed by atoms with van der Waals surface area (Å²) in [6.07, 6.45) is 1.37. The first-order chi connectivity index (χ1) is 15.6. The average Bonchev–Trinajstić information content (AvgIpc) is 3.19. The van der Waals surface area contributed by atoms with Gasteiger partial charge >= 0.3 is 0 Å². The SMILES string of the molecule is Cc1ccc(C)c(NC(=O)CSc2nc3c(cnn3-c3ccc(S(N)(=O)=O)cc3)c(=O)[nH]2)c1. The molecule has 1 amide bonds. The van der Waals surface area contributed by atoms with Gasteiger partial charge in [-0.2, -0.15) is 5.10 Å². The molecule has 4 aromatic rings. The number of thioether (sulfide) groups is 1. The number of aryl methyl sites for hydroxylation is 2. The summed E-state index contributed by atoms with van der Waals surface area (Å²) in [5.74, 6) is -0.192. The van der Waals surface area contributed by atoms with Crippen LogP contribution >= 0.6 is 11.8 Å². The third-order valence-electron chi connectivity index (χ3n) is 4.83. The molecule has 12 heteroatoms. The van der Waals surface area contributed by atoms with Crippen molar-refractivity contribution in [3.8, 4) is 5.69 Å². The molecule has 0 aliphatic heterocycles. The number of fused-ring (bicyclic) bond motifs is 1. The van der Waals surface area contributed by atoms with Gasteiger partial charge in [0.15, 0.2) is 10.8 Å². The molecule has 0 unspecified atom stereocenters. The van der Waals surface area contributed by atoms with Gasteiger partial charge in [0.2, 0.25) is 15.9 Å². The molecule has 10 nitrogen and oxygen atoms in total. The number of aromatic nitrogens is 4. The number of carbonyl (C=O) groups is 1. The molecule has 0 aliphatic rings. The lowest BCUT2D eigenvalue weighted by atomic mass is 10.1. The Bertz CT molecular complexity index is 1520. The third kappa shape index (κ3) is 4.97. The molecule has 2 heterocycles. The molecule has 0 saturated carbocycles. The van der Waals surface area contributed by atoms with Gasteiger partial charge < -0.3 is 10.3 Å². The maximum absolute atomic E-state index is 12.5. The Morgan fingerprint density at radius 2 is 1.91 bits per heavy atom. The number of hydrogen-bond donors (Lipinski definition) is 3. The van der Waals surface area contributed by atoms with Crippen LogP contribution in [0.25, 0.3) is 16.7 Å². The normalized spacial score (nSPS) is 11.6. The van der Waals surface area contributed by atoms with Crippen LogP contribution in [0.1, 0.15) is 11.1 Å². The second-order valence-electron chi connectivity index (χ2n) is 7.36. The molecule has 0 atom stereocenters. The highest BCUT2D eigenvalue weighted by atomic mass is 32.2. The van der Waals surface area contributed by atoms with Crippen LogP contribution in [0.4, 0.5) is 5.69 Å². The minimum atomic E-state index is -3.83. The van der Waals surface area contributed by atoms with Crippen LogP contribution in [0.3, 0.4) is 0 Å². The summed E-state index contributed by atoms with van der Waals surface area (Å²) in [5, 5.41) is 12.7. The highest BCUT2D eigenvalue weighted by Crippen LogP contribution is 2.20. The summed E-state index contributed by atoms with van der Waals surface area (Å²) in [7, 11) is -3.83. The zero-order chi connectivity index (χ0) is 23.8.